The third-order valence-electron chi connectivity index (χ3n) is 1.79. The second-order valence-corrected chi connectivity index (χ2v) is 2.90. The molecule has 0 heterocycles. The summed E-state index contributed by atoms with van der Waals surface area (Å²) >= 11 is 0. The van der Waals surface area contributed by atoms with Crippen molar-refractivity contribution in [2.45, 2.75) is 0 Å². The lowest BCUT2D eigenvalue weighted by Gasteiger charge is -2.18. The monoisotopic (exact) mass is 197 g/mol. The Labute approximate surface area is 81.4 Å². The quantitative estimate of drug-likeness (QED) is 0.329. The fourth-order valence-electron chi connectivity index (χ4n) is 1.12. The van der Waals surface area contributed by atoms with Crippen molar-refractivity contribution in [1.82, 2.24) is 0 Å². The summed E-state index contributed by atoms with van der Waals surface area (Å²) < 4.78 is 13.2. The van der Waals surface area contributed by atoms with Gasteiger partial charge in [0, 0.05) is 7.05 Å². The molecule has 14 heavy (non-hydrogen) atoms. The van der Waals surface area contributed by atoms with Crippen LogP contribution in [-0.2, 0) is 0 Å². The molecule has 0 aliphatic rings. The molecule has 0 aliphatic heterocycles. The van der Waals surface area contributed by atoms with Crippen LogP contribution in [0.15, 0.2) is 29.4 Å². The van der Waals surface area contributed by atoms with Crippen molar-refractivity contribution >= 4 is 11.5 Å². The molecule has 0 aromatic heterocycles. The second-order valence-electron chi connectivity index (χ2n) is 2.90. The summed E-state index contributed by atoms with van der Waals surface area (Å²) in [5, 5.41) is 11.2. The molecule has 0 saturated carbocycles. The number of likely N-dealkylation sites (N-methyl/N-ethyl adjacent to an activating group) is 1. The Morgan fingerprint density at radius 1 is 1.57 bits per heavy atom. The van der Waals surface area contributed by atoms with Crippen LogP contribution in [0, 0.1) is 5.82 Å². The van der Waals surface area contributed by atoms with Crippen molar-refractivity contribution < 1.29 is 9.60 Å². The SMILES string of the molecule is CN(CC(N)=NO)c1ccccc1F. The van der Waals surface area contributed by atoms with E-state index in [1.54, 1.807) is 30.1 Å². The van der Waals surface area contributed by atoms with Crippen molar-refractivity contribution in [2.24, 2.45) is 10.9 Å². The van der Waals surface area contributed by atoms with E-state index in [2.05, 4.69) is 5.16 Å². The van der Waals surface area contributed by atoms with Gasteiger partial charge < -0.3 is 15.8 Å². The lowest BCUT2D eigenvalue weighted by molar-refractivity contribution is 0.317. The minimum atomic E-state index is -0.333. The molecule has 0 aliphatic carbocycles. The number of hydrogen-bond acceptors (Lipinski definition) is 3. The average Bonchev–Trinajstić information content (AvgIpc) is 2.18. The highest BCUT2D eigenvalue weighted by Gasteiger charge is 2.07. The number of benzene rings is 1. The summed E-state index contributed by atoms with van der Waals surface area (Å²) in [6.45, 7) is 0.178. The van der Waals surface area contributed by atoms with Gasteiger partial charge >= 0.3 is 0 Å². The van der Waals surface area contributed by atoms with Crippen LogP contribution in [0.1, 0.15) is 0 Å². The van der Waals surface area contributed by atoms with E-state index in [0.29, 0.717) is 5.69 Å². The van der Waals surface area contributed by atoms with Gasteiger partial charge in [-0.2, -0.15) is 0 Å². The Morgan fingerprint density at radius 2 is 2.21 bits per heavy atom. The smallest absolute Gasteiger partial charge is 0.158 e. The van der Waals surface area contributed by atoms with Gasteiger partial charge in [0.05, 0.1) is 12.2 Å². The van der Waals surface area contributed by atoms with E-state index in [1.807, 2.05) is 0 Å². The number of nitrogens with two attached hydrogens (primary N) is 1. The molecule has 0 atom stereocenters. The van der Waals surface area contributed by atoms with E-state index < -0.39 is 0 Å². The summed E-state index contributed by atoms with van der Waals surface area (Å²) in [6, 6.07) is 6.31. The zero-order valence-corrected chi connectivity index (χ0v) is 7.81. The van der Waals surface area contributed by atoms with E-state index >= 15 is 0 Å². The molecule has 0 bridgehead atoms. The molecule has 0 amide bonds. The van der Waals surface area contributed by atoms with Gasteiger partial charge in [-0.05, 0) is 12.1 Å². The average molecular weight is 197 g/mol. The third-order valence-corrected chi connectivity index (χ3v) is 1.79. The highest BCUT2D eigenvalue weighted by molar-refractivity contribution is 5.84. The molecule has 4 nitrogen and oxygen atoms in total. The van der Waals surface area contributed by atoms with Gasteiger partial charge in [-0.3, -0.25) is 0 Å². The van der Waals surface area contributed by atoms with Crippen LogP contribution in [0.3, 0.4) is 0 Å². The second kappa shape index (κ2) is 4.45. The summed E-state index contributed by atoms with van der Waals surface area (Å²) in [5.41, 5.74) is 5.71. The van der Waals surface area contributed by atoms with E-state index in [0.717, 1.165) is 0 Å². The number of hydrogen-bond donors (Lipinski definition) is 2. The van der Waals surface area contributed by atoms with Crippen LogP contribution in [-0.4, -0.2) is 24.6 Å². The summed E-state index contributed by atoms with van der Waals surface area (Å²) in [6.07, 6.45) is 0. The minimum absolute atomic E-state index is 0.0377. The Balaban J connectivity index is 2.79. The molecule has 1 rings (SSSR count). The van der Waals surface area contributed by atoms with Crippen molar-refractivity contribution in [3.05, 3.63) is 30.1 Å². The predicted molar refractivity (Wildman–Crippen MR) is 53.1 cm³/mol. The Morgan fingerprint density at radius 3 is 2.79 bits per heavy atom. The minimum Gasteiger partial charge on any atom is -0.409 e. The maximum atomic E-state index is 13.2. The first-order valence-corrected chi connectivity index (χ1v) is 4.07. The molecule has 0 unspecified atom stereocenters. The number of para-hydroxylation sites is 1. The topological polar surface area (TPSA) is 61.8 Å². The standard InChI is InChI=1S/C9H12FN3O/c1-13(6-9(11)12-14)8-5-3-2-4-7(8)10/h2-5,14H,6H2,1H3,(H2,11,12). The number of nitrogens with zero attached hydrogens (tertiary/aromatic N) is 2. The molecule has 0 fully saturated rings. The van der Waals surface area contributed by atoms with Crippen LogP contribution in [0.4, 0.5) is 10.1 Å². The van der Waals surface area contributed by atoms with Crippen LogP contribution >= 0.6 is 0 Å². The highest BCUT2D eigenvalue weighted by atomic mass is 19.1. The molecule has 3 N–H and O–H groups in total. The zero-order chi connectivity index (χ0) is 10.6. The first kappa shape index (κ1) is 10.3. The summed E-state index contributed by atoms with van der Waals surface area (Å²) in [7, 11) is 1.66. The number of rotatable bonds is 3. The number of oxime groups is 1. The zero-order valence-electron chi connectivity index (χ0n) is 7.81. The Hall–Kier alpha value is -1.78. The maximum Gasteiger partial charge on any atom is 0.158 e. The molecule has 0 spiro atoms. The van der Waals surface area contributed by atoms with Crippen molar-refractivity contribution in [2.75, 3.05) is 18.5 Å². The van der Waals surface area contributed by atoms with E-state index in [4.69, 9.17) is 10.9 Å². The van der Waals surface area contributed by atoms with Crippen molar-refractivity contribution in [3.63, 3.8) is 0 Å². The maximum absolute atomic E-state index is 13.2. The van der Waals surface area contributed by atoms with Crippen molar-refractivity contribution in [3.8, 4) is 0 Å². The Kier molecular flexibility index (Phi) is 3.28. The van der Waals surface area contributed by atoms with Gasteiger partial charge in [0.2, 0.25) is 0 Å². The molecule has 0 radical (unpaired) electrons. The molecule has 5 heteroatoms. The lowest BCUT2D eigenvalue weighted by Crippen LogP contribution is -2.31. The van der Waals surface area contributed by atoms with Gasteiger partial charge in [0.1, 0.15) is 5.82 Å². The third kappa shape index (κ3) is 2.35. The van der Waals surface area contributed by atoms with Crippen LogP contribution in [0.2, 0.25) is 0 Å². The first-order chi connectivity index (χ1) is 6.65. The molecular formula is C9H12FN3O. The molecular weight excluding hydrogens is 185 g/mol. The van der Waals surface area contributed by atoms with Crippen molar-refractivity contribution in [1.29, 1.82) is 0 Å². The van der Waals surface area contributed by atoms with E-state index in [-0.39, 0.29) is 18.2 Å². The normalized spacial score (nSPS) is 11.4. The fraction of sp³-hybridized carbons (Fsp3) is 0.222. The largest absolute Gasteiger partial charge is 0.409 e. The number of halogens is 1. The number of amidine groups is 1. The van der Waals surface area contributed by atoms with E-state index in [9.17, 15) is 4.39 Å². The molecule has 1 aromatic carbocycles. The summed E-state index contributed by atoms with van der Waals surface area (Å²) in [4.78, 5) is 1.56. The first-order valence-electron chi connectivity index (χ1n) is 4.07. The summed E-state index contributed by atoms with van der Waals surface area (Å²) in [5.74, 6) is -0.295. The van der Waals surface area contributed by atoms with Crippen LogP contribution in [0.25, 0.3) is 0 Å². The van der Waals surface area contributed by atoms with Crippen LogP contribution in [0.5, 0.6) is 0 Å². The predicted octanol–water partition coefficient (Wildman–Crippen LogP) is 1.01. The molecule has 76 valence electrons. The highest BCUT2D eigenvalue weighted by Crippen LogP contribution is 2.16. The molecule has 0 saturated heterocycles. The van der Waals surface area contributed by atoms with Gasteiger partial charge in [-0.1, -0.05) is 17.3 Å². The van der Waals surface area contributed by atoms with Gasteiger partial charge in [0.15, 0.2) is 5.84 Å². The van der Waals surface area contributed by atoms with Gasteiger partial charge in [-0.15, -0.1) is 0 Å². The molecule has 1 aromatic rings. The Bertz CT molecular complexity index is 341. The van der Waals surface area contributed by atoms with Gasteiger partial charge in [-0.25, -0.2) is 4.39 Å². The number of anilines is 1. The van der Waals surface area contributed by atoms with E-state index in [1.165, 1.54) is 6.07 Å². The van der Waals surface area contributed by atoms with Crippen LogP contribution < -0.4 is 10.6 Å². The van der Waals surface area contributed by atoms with Gasteiger partial charge in [0.25, 0.3) is 0 Å². The fourth-order valence-corrected chi connectivity index (χ4v) is 1.12. The lowest BCUT2D eigenvalue weighted by atomic mass is 10.3.